The summed E-state index contributed by atoms with van der Waals surface area (Å²) in [6, 6.07) is 1.86. The van der Waals surface area contributed by atoms with Gasteiger partial charge in [-0.25, -0.2) is 14.8 Å². The Morgan fingerprint density at radius 3 is 2.93 bits per heavy atom. The lowest BCUT2D eigenvalue weighted by Gasteiger charge is -2.26. The lowest BCUT2D eigenvalue weighted by Crippen LogP contribution is -2.36. The Bertz CT molecular complexity index is 975. The Morgan fingerprint density at radius 2 is 2.17 bits per heavy atom. The number of amides is 1. The number of nitrogens with one attached hydrogen (secondary N) is 1. The highest BCUT2D eigenvalue weighted by molar-refractivity contribution is 5.96. The van der Waals surface area contributed by atoms with Crippen LogP contribution in [0.25, 0.3) is 0 Å². The topological polar surface area (TPSA) is 97.3 Å². The van der Waals surface area contributed by atoms with Gasteiger partial charge in [-0.1, -0.05) is 13.8 Å². The molecular formula is C22H27N5O3. The summed E-state index contributed by atoms with van der Waals surface area (Å²) in [5.74, 6) is 1.70. The predicted molar refractivity (Wildman–Crippen MR) is 112 cm³/mol. The fourth-order valence-corrected chi connectivity index (χ4v) is 4.17. The predicted octanol–water partition coefficient (Wildman–Crippen LogP) is 2.14. The van der Waals surface area contributed by atoms with Gasteiger partial charge in [-0.2, -0.15) is 0 Å². The van der Waals surface area contributed by atoms with Crippen molar-refractivity contribution in [1.82, 2.24) is 20.3 Å². The Morgan fingerprint density at radius 1 is 1.33 bits per heavy atom. The second-order valence-corrected chi connectivity index (χ2v) is 8.27. The van der Waals surface area contributed by atoms with Crippen LogP contribution in [0.3, 0.4) is 0 Å². The van der Waals surface area contributed by atoms with Gasteiger partial charge in [0.15, 0.2) is 0 Å². The molecule has 1 saturated heterocycles. The molecule has 1 atom stereocenters. The molecule has 8 heteroatoms. The van der Waals surface area contributed by atoms with Crippen LogP contribution in [-0.2, 0) is 17.6 Å². The number of hydrogen-bond acceptors (Lipinski definition) is 7. The smallest absolute Gasteiger partial charge is 0.339 e. The van der Waals surface area contributed by atoms with Crippen molar-refractivity contribution >= 4 is 17.7 Å². The zero-order chi connectivity index (χ0) is 21.3. The number of anilines is 1. The SMILES string of the molecule is COC(=O)c1cncc(CC2CCN(c3nc(C(C)C)nc4c3CCNC4=O)C2)c1. The summed E-state index contributed by atoms with van der Waals surface area (Å²) in [6.45, 7) is 6.44. The molecule has 2 aliphatic heterocycles. The molecule has 2 aromatic heterocycles. The number of aromatic nitrogens is 3. The molecule has 2 aliphatic rings. The molecule has 0 spiro atoms. The van der Waals surface area contributed by atoms with E-state index in [0.29, 0.717) is 29.5 Å². The maximum absolute atomic E-state index is 12.4. The van der Waals surface area contributed by atoms with Crippen LogP contribution in [0.4, 0.5) is 5.82 Å². The highest BCUT2D eigenvalue weighted by Crippen LogP contribution is 2.31. The molecule has 0 saturated carbocycles. The minimum absolute atomic E-state index is 0.108. The van der Waals surface area contributed by atoms with Crippen molar-refractivity contribution in [2.24, 2.45) is 5.92 Å². The second kappa shape index (κ2) is 8.38. The minimum Gasteiger partial charge on any atom is -0.465 e. The number of pyridine rings is 1. The van der Waals surface area contributed by atoms with E-state index in [1.54, 1.807) is 0 Å². The molecule has 0 aliphatic carbocycles. The number of methoxy groups -OCH3 is 1. The van der Waals surface area contributed by atoms with Crippen molar-refractivity contribution in [2.75, 3.05) is 31.6 Å². The summed E-state index contributed by atoms with van der Waals surface area (Å²) in [4.78, 5) is 40.0. The first-order valence-electron chi connectivity index (χ1n) is 10.4. The van der Waals surface area contributed by atoms with E-state index in [1.165, 1.54) is 13.3 Å². The maximum atomic E-state index is 12.4. The van der Waals surface area contributed by atoms with Gasteiger partial charge < -0.3 is 15.0 Å². The van der Waals surface area contributed by atoms with E-state index in [1.807, 2.05) is 26.1 Å². The largest absolute Gasteiger partial charge is 0.465 e. The van der Waals surface area contributed by atoms with Crippen LogP contribution in [-0.4, -0.2) is 53.6 Å². The van der Waals surface area contributed by atoms with Gasteiger partial charge in [0.05, 0.1) is 12.7 Å². The molecule has 1 fully saturated rings. The lowest BCUT2D eigenvalue weighted by molar-refractivity contribution is 0.0600. The van der Waals surface area contributed by atoms with Gasteiger partial charge in [0.2, 0.25) is 0 Å². The zero-order valence-electron chi connectivity index (χ0n) is 17.6. The number of carbonyl (C=O) groups excluding carboxylic acids is 2. The van der Waals surface area contributed by atoms with E-state index >= 15 is 0 Å². The van der Waals surface area contributed by atoms with Gasteiger partial charge in [0.1, 0.15) is 17.3 Å². The van der Waals surface area contributed by atoms with E-state index in [-0.39, 0.29) is 17.8 Å². The number of hydrogen-bond donors (Lipinski definition) is 1. The lowest BCUT2D eigenvalue weighted by atomic mass is 9.99. The molecule has 1 N–H and O–H groups in total. The van der Waals surface area contributed by atoms with E-state index in [4.69, 9.17) is 9.72 Å². The second-order valence-electron chi connectivity index (χ2n) is 8.27. The Hall–Kier alpha value is -3.03. The normalized spacial score (nSPS) is 18.3. The van der Waals surface area contributed by atoms with Crippen molar-refractivity contribution in [3.05, 3.63) is 46.7 Å². The highest BCUT2D eigenvalue weighted by Gasteiger charge is 2.31. The van der Waals surface area contributed by atoms with Crippen LogP contribution < -0.4 is 10.2 Å². The Balaban J connectivity index is 1.55. The monoisotopic (exact) mass is 409 g/mol. The molecule has 0 aromatic carbocycles. The number of fused-ring (bicyclic) bond motifs is 1. The van der Waals surface area contributed by atoms with E-state index in [0.717, 1.165) is 49.3 Å². The Labute approximate surface area is 176 Å². The van der Waals surface area contributed by atoms with E-state index < -0.39 is 0 Å². The van der Waals surface area contributed by atoms with E-state index in [9.17, 15) is 9.59 Å². The third-order valence-corrected chi connectivity index (χ3v) is 5.72. The first kappa shape index (κ1) is 20.3. The van der Waals surface area contributed by atoms with Crippen molar-refractivity contribution in [3.63, 3.8) is 0 Å². The van der Waals surface area contributed by atoms with Crippen molar-refractivity contribution in [2.45, 2.75) is 39.0 Å². The third kappa shape index (κ3) is 3.99. The first-order valence-corrected chi connectivity index (χ1v) is 10.4. The number of esters is 1. The van der Waals surface area contributed by atoms with Crippen molar-refractivity contribution in [1.29, 1.82) is 0 Å². The number of nitrogens with zero attached hydrogens (tertiary/aromatic N) is 4. The average Bonchev–Trinajstić information content (AvgIpc) is 3.21. The molecule has 1 unspecified atom stereocenters. The molecule has 8 nitrogen and oxygen atoms in total. The molecule has 2 aromatic rings. The molecule has 4 heterocycles. The summed E-state index contributed by atoms with van der Waals surface area (Å²) in [7, 11) is 1.37. The molecule has 0 radical (unpaired) electrons. The number of ether oxygens (including phenoxy) is 1. The zero-order valence-corrected chi connectivity index (χ0v) is 17.6. The fourth-order valence-electron chi connectivity index (χ4n) is 4.17. The molecule has 1 amide bonds. The standard InChI is InChI=1S/C22H27N5O3/c1-13(2)19-25-18-17(4-6-24-21(18)28)20(26-19)27-7-5-14(12-27)8-15-9-16(11-23-10-15)22(29)30-3/h9-11,13-14H,4-8,12H2,1-3H3,(H,24,28). The van der Waals surface area contributed by atoms with Gasteiger partial charge in [-0.15, -0.1) is 0 Å². The molecule has 4 rings (SSSR count). The molecule has 158 valence electrons. The van der Waals surface area contributed by atoms with Crippen LogP contribution in [0.5, 0.6) is 0 Å². The van der Waals surface area contributed by atoms with E-state index in [2.05, 4.69) is 20.2 Å². The molecular weight excluding hydrogens is 382 g/mol. The summed E-state index contributed by atoms with van der Waals surface area (Å²) in [6.07, 6.45) is 5.94. The van der Waals surface area contributed by atoms with Crippen molar-refractivity contribution in [3.8, 4) is 0 Å². The van der Waals surface area contributed by atoms with Crippen molar-refractivity contribution < 1.29 is 14.3 Å². The third-order valence-electron chi connectivity index (χ3n) is 5.72. The van der Waals surface area contributed by atoms with Crippen LogP contribution in [0.1, 0.15) is 64.0 Å². The fraction of sp³-hybridized carbons (Fsp3) is 0.500. The van der Waals surface area contributed by atoms with Gasteiger partial charge in [0, 0.05) is 43.5 Å². The summed E-state index contributed by atoms with van der Waals surface area (Å²) < 4.78 is 4.79. The minimum atomic E-state index is -0.371. The molecule has 30 heavy (non-hydrogen) atoms. The Kier molecular flexibility index (Phi) is 5.65. The first-order chi connectivity index (χ1) is 14.5. The summed E-state index contributed by atoms with van der Waals surface area (Å²) >= 11 is 0. The van der Waals surface area contributed by atoms with Gasteiger partial charge in [-0.3, -0.25) is 9.78 Å². The van der Waals surface area contributed by atoms with Crippen LogP contribution in [0, 0.1) is 5.92 Å². The molecule has 0 bridgehead atoms. The van der Waals surface area contributed by atoms with Gasteiger partial charge in [-0.05, 0) is 36.8 Å². The number of carbonyl (C=O) groups is 2. The number of rotatable bonds is 5. The summed E-state index contributed by atoms with van der Waals surface area (Å²) in [5, 5.41) is 2.89. The van der Waals surface area contributed by atoms with Crippen LogP contribution in [0.2, 0.25) is 0 Å². The van der Waals surface area contributed by atoms with Crippen LogP contribution >= 0.6 is 0 Å². The summed E-state index contributed by atoms with van der Waals surface area (Å²) in [5.41, 5.74) is 2.98. The van der Waals surface area contributed by atoms with Gasteiger partial charge in [0.25, 0.3) is 5.91 Å². The van der Waals surface area contributed by atoms with Gasteiger partial charge >= 0.3 is 5.97 Å². The maximum Gasteiger partial charge on any atom is 0.339 e. The highest BCUT2D eigenvalue weighted by atomic mass is 16.5. The average molecular weight is 409 g/mol. The quantitative estimate of drug-likeness (QED) is 0.756. The van der Waals surface area contributed by atoms with Crippen LogP contribution in [0.15, 0.2) is 18.5 Å².